The first kappa shape index (κ1) is 24.7. The van der Waals surface area contributed by atoms with Crippen LogP contribution in [0.4, 0.5) is 5.69 Å². The molecule has 1 aliphatic heterocycles. The van der Waals surface area contributed by atoms with Gasteiger partial charge in [-0.3, -0.25) is 9.78 Å². The van der Waals surface area contributed by atoms with Gasteiger partial charge in [0.25, 0.3) is 5.91 Å². The summed E-state index contributed by atoms with van der Waals surface area (Å²) in [4.78, 5) is 17.6. The summed E-state index contributed by atoms with van der Waals surface area (Å²) in [6.07, 6.45) is 9.41. The third-order valence-electron chi connectivity index (χ3n) is 7.60. The van der Waals surface area contributed by atoms with Gasteiger partial charge in [-0.2, -0.15) is 0 Å². The Morgan fingerprint density at radius 3 is 2.64 bits per heavy atom. The molecule has 1 atom stereocenters. The zero-order chi connectivity index (χ0) is 24.9. The molecule has 5 rings (SSSR count). The molecule has 1 saturated heterocycles. The molecule has 1 aromatic heterocycles. The Morgan fingerprint density at radius 1 is 1.08 bits per heavy atom. The molecule has 190 valence electrons. The second-order valence-corrected chi connectivity index (χ2v) is 10.4. The number of fused-ring (bicyclic) bond motifs is 1. The number of aryl methyl sites for hydroxylation is 1. The fourth-order valence-corrected chi connectivity index (χ4v) is 5.21. The minimum absolute atomic E-state index is 0.147. The average molecular weight is 488 g/mol. The summed E-state index contributed by atoms with van der Waals surface area (Å²) < 4.78 is 11.4. The highest BCUT2D eigenvalue weighted by Crippen LogP contribution is 2.27. The van der Waals surface area contributed by atoms with Crippen molar-refractivity contribution in [2.24, 2.45) is 5.92 Å². The second-order valence-electron chi connectivity index (χ2n) is 10.4. The number of hydrogen-bond donors (Lipinski definition) is 2. The smallest absolute Gasteiger partial charge is 0.255 e. The van der Waals surface area contributed by atoms with Gasteiger partial charge in [0.1, 0.15) is 12.4 Å². The van der Waals surface area contributed by atoms with Crippen LogP contribution in [0.2, 0.25) is 0 Å². The fourth-order valence-electron chi connectivity index (χ4n) is 5.21. The topological polar surface area (TPSA) is 72.5 Å². The normalized spacial score (nSPS) is 22.0. The molecule has 3 aromatic rings. The molecule has 0 unspecified atom stereocenters. The van der Waals surface area contributed by atoms with Crippen LogP contribution in [0.5, 0.6) is 5.75 Å². The predicted octanol–water partition coefficient (Wildman–Crippen LogP) is 6.02. The average Bonchev–Trinajstić information content (AvgIpc) is 3.43. The van der Waals surface area contributed by atoms with Crippen molar-refractivity contribution in [3.8, 4) is 5.75 Å². The summed E-state index contributed by atoms with van der Waals surface area (Å²) in [5.74, 6) is 1.46. The molecule has 6 nitrogen and oxygen atoms in total. The van der Waals surface area contributed by atoms with Gasteiger partial charge in [0.15, 0.2) is 0 Å². The summed E-state index contributed by atoms with van der Waals surface area (Å²) in [5.41, 5.74) is 4.45. The van der Waals surface area contributed by atoms with Crippen molar-refractivity contribution in [2.45, 2.75) is 71.1 Å². The summed E-state index contributed by atoms with van der Waals surface area (Å²) in [5, 5.41) is 7.85. The number of amides is 1. The molecule has 0 bridgehead atoms. The molecular weight excluding hydrogens is 450 g/mol. The number of hydrogen-bond acceptors (Lipinski definition) is 5. The maximum absolute atomic E-state index is 12.9. The van der Waals surface area contributed by atoms with Gasteiger partial charge in [-0.05, 0) is 98.9 Å². The standard InChI is InChI=1S/C30H37N3O3/c1-20-5-10-25(11-6-20)31-17-22-16-24-9-14-28(21(2)29(24)32-18-22)33-30(34)23-7-12-26(13-8-23)36-19-27-4-3-15-35-27/h7-9,12-14,16,18,20,25,27,31H,3-6,10-11,15,17,19H2,1-2H3,(H,33,34)/t20?,25?,27-/m1/s1. The first-order chi connectivity index (χ1) is 17.5. The third kappa shape index (κ3) is 6.05. The lowest BCUT2D eigenvalue weighted by Gasteiger charge is -2.27. The van der Waals surface area contributed by atoms with Gasteiger partial charge in [0.2, 0.25) is 0 Å². The van der Waals surface area contributed by atoms with Crippen molar-refractivity contribution in [1.29, 1.82) is 0 Å². The van der Waals surface area contributed by atoms with Crippen LogP contribution >= 0.6 is 0 Å². The van der Waals surface area contributed by atoms with Crippen molar-refractivity contribution in [3.05, 3.63) is 65.4 Å². The van der Waals surface area contributed by atoms with Crippen LogP contribution in [-0.4, -0.2) is 36.3 Å². The highest BCUT2D eigenvalue weighted by atomic mass is 16.5. The van der Waals surface area contributed by atoms with Crippen molar-refractivity contribution >= 4 is 22.5 Å². The van der Waals surface area contributed by atoms with E-state index in [1.165, 1.54) is 31.2 Å². The van der Waals surface area contributed by atoms with E-state index in [1.54, 1.807) is 12.1 Å². The van der Waals surface area contributed by atoms with Crippen LogP contribution in [0.15, 0.2) is 48.7 Å². The summed E-state index contributed by atoms with van der Waals surface area (Å²) in [6, 6.07) is 14.1. The van der Waals surface area contributed by atoms with Gasteiger partial charge in [-0.1, -0.05) is 13.0 Å². The van der Waals surface area contributed by atoms with Crippen LogP contribution in [0.1, 0.15) is 66.9 Å². The molecule has 1 saturated carbocycles. The van der Waals surface area contributed by atoms with E-state index in [2.05, 4.69) is 23.6 Å². The van der Waals surface area contributed by atoms with E-state index in [9.17, 15) is 4.79 Å². The van der Waals surface area contributed by atoms with Gasteiger partial charge in [-0.15, -0.1) is 0 Å². The number of aromatic nitrogens is 1. The lowest BCUT2D eigenvalue weighted by Crippen LogP contribution is -2.32. The number of nitrogens with one attached hydrogen (secondary N) is 2. The monoisotopic (exact) mass is 487 g/mol. The fraction of sp³-hybridized carbons (Fsp3) is 0.467. The summed E-state index contributed by atoms with van der Waals surface area (Å²) >= 11 is 0. The van der Waals surface area contributed by atoms with Crippen molar-refractivity contribution in [2.75, 3.05) is 18.5 Å². The van der Waals surface area contributed by atoms with Gasteiger partial charge < -0.3 is 20.1 Å². The zero-order valence-electron chi connectivity index (χ0n) is 21.4. The van der Waals surface area contributed by atoms with Gasteiger partial charge >= 0.3 is 0 Å². The SMILES string of the molecule is Cc1c(NC(=O)c2ccc(OC[C@H]3CCCO3)cc2)ccc2cc(CNC3CCC(C)CC3)cnc12. The van der Waals surface area contributed by atoms with E-state index in [1.807, 2.05) is 37.4 Å². The number of anilines is 1. The van der Waals surface area contributed by atoms with E-state index < -0.39 is 0 Å². The quantitative estimate of drug-likeness (QED) is 0.406. The minimum atomic E-state index is -0.147. The Hall–Kier alpha value is -2.96. The first-order valence-electron chi connectivity index (χ1n) is 13.3. The Kier molecular flexibility index (Phi) is 7.83. The van der Waals surface area contributed by atoms with E-state index in [4.69, 9.17) is 14.5 Å². The molecule has 1 aliphatic carbocycles. The lowest BCUT2D eigenvalue weighted by atomic mass is 9.87. The van der Waals surface area contributed by atoms with Crippen LogP contribution in [0.3, 0.4) is 0 Å². The molecule has 0 radical (unpaired) electrons. The Balaban J connectivity index is 1.19. The number of benzene rings is 2. The second kappa shape index (κ2) is 11.4. The molecule has 2 N–H and O–H groups in total. The predicted molar refractivity (Wildman–Crippen MR) is 144 cm³/mol. The molecule has 2 heterocycles. The summed E-state index contributed by atoms with van der Waals surface area (Å²) in [6.45, 7) is 6.56. The third-order valence-corrected chi connectivity index (χ3v) is 7.60. The van der Waals surface area contributed by atoms with Crippen LogP contribution in [0, 0.1) is 12.8 Å². The molecule has 2 aliphatic rings. The van der Waals surface area contributed by atoms with Crippen LogP contribution in [0.25, 0.3) is 10.9 Å². The van der Waals surface area contributed by atoms with Crippen LogP contribution in [-0.2, 0) is 11.3 Å². The minimum Gasteiger partial charge on any atom is -0.491 e. The number of carbonyl (C=O) groups excluding carboxylic acids is 1. The molecule has 2 fully saturated rings. The Labute approximate surface area is 213 Å². The largest absolute Gasteiger partial charge is 0.491 e. The Bertz CT molecular complexity index is 1180. The van der Waals surface area contributed by atoms with E-state index in [-0.39, 0.29) is 12.0 Å². The molecule has 1 amide bonds. The highest BCUT2D eigenvalue weighted by Gasteiger charge is 2.18. The number of rotatable bonds is 8. The van der Waals surface area contributed by atoms with Crippen LogP contribution < -0.4 is 15.4 Å². The van der Waals surface area contributed by atoms with Crippen molar-refractivity contribution in [3.63, 3.8) is 0 Å². The number of carbonyl (C=O) groups is 1. The Morgan fingerprint density at radius 2 is 1.89 bits per heavy atom. The lowest BCUT2D eigenvalue weighted by molar-refractivity contribution is 0.0679. The number of nitrogens with zero attached hydrogens (tertiary/aromatic N) is 1. The molecular formula is C30H37N3O3. The first-order valence-corrected chi connectivity index (χ1v) is 13.3. The maximum Gasteiger partial charge on any atom is 0.255 e. The molecule has 36 heavy (non-hydrogen) atoms. The van der Waals surface area contributed by atoms with E-state index >= 15 is 0 Å². The maximum atomic E-state index is 12.9. The van der Waals surface area contributed by atoms with Crippen molar-refractivity contribution < 1.29 is 14.3 Å². The zero-order valence-corrected chi connectivity index (χ0v) is 21.4. The number of ether oxygens (including phenoxy) is 2. The van der Waals surface area contributed by atoms with Gasteiger partial charge in [0, 0.05) is 42.0 Å². The summed E-state index contributed by atoms with van der Waals surface area (Å²) in [7, 11) is 0. The molecule has 2 aromatic carbocycles. The van der Waals surface area contributed by atoms with Gasteiger partial charge in [0.05, 0.1) is 11.6 Å². The van der Waals surface area contributed by atoms with E-state index in [0.29, 0.717) is 18.2 Å². The molecule has 0 spiro atoms. The number of pyridine rings is 1. The van der Waals surface area contributed by atoms with E-state index in [0.717, 1.165) is 59.8 Å². The highest BCUT2D eigenvalue weighted by molar-refractivity contribution is 6.06. The van der Waals surface area contributed by atoms with Gasteiger partial charge in [-0.25, -0.2) is 0 Å². The van der Waals surface area contributed by atoms with Crippen molar-refractivity contribution in [1.82, 2.24) is 10.3 Å². The molecule has 6 heteroatoms.